The minimum absolute atomic E-state index is 0.0592. The highest BCUT2D eigenvalue weighted by Gasteiger charge is 2.33. The van der Waals surface area contributed by atoms with Crippen LogP contribution in [0, 0.1) is 11.8 Å². The molecule has 8 heteroatoms. The van der Waals surface area contributed by atoms with E-state index in [9.17, 15) is 26.7 Å². The van der Waals surface area contributed by atoms with E-state index in [2.05, 4.69) is 18.8 Å². The smallest absolute Gasteiger partial charge is 0.433 e. The number of carbonyl (C=O) groups is 1. The molecule has 0 N–H and O–H groups in total. The molecule has 1 fully saturated rings. The van der Waals surface area contributed by atoms with Crippen LogP contribution in [0.25, 0.3) is 0 Å². The molecule has 2 unspecified atom stereocenters. The molecule has 1 aromatic rings. The molecule has 2 rings (SSSR count). The minimum Gasteiger partial charge on any atom is -0.460 e. The fourth-order valence-corrected chi connectivity index (χ4v) is 4.21. The van der Waals surface area contributed by atoms with Crippen molar-refractivity contribution in [3.8, 4) is 5.75 Å². The van der Waals surface area contributed by atoms with Crippen molar-refractivity contribution in [1.82, 2.24) is 4.98 Å². The number of pyridine rings is 1. The highest BCUT2D eigenvalue weighted by atomic mass is 19.4. The van der Waals surface area contributed by atoms with Crippen molar-refractivity contribution >= 4 is 5.78 Å². The number of ether oxygens (including phenoxy) is 1. The van der Waals surface area contributed by atoms with Crippen molar-refractivity contribution in [2.45, 2.75) is 144 Å². The minimum atomic E-state index is -4.40. The van der Waals surface area contributed by atoms with Crippen LogP contribution in [0.2, 0.25) is 0 Å². The van der Waals surface area contributed by atoms with Gasteiger partial charge in [0.15, 0.2) is 0 Å². The van der Waals surface area contributed by atoms with Crippen LogP contribution in [-0.2, 0) is 11.0 Å². The van der Waals surface area contributed by atoms with Crippen LogP contribution >= 0.6 is 0 Å². The van der Waals surface area contributed by atoms with Gasteiger partial charge in [-0.25, -0.2) is 13.8 Å². The lowest BCUT2D eigenvalue weighted by Crippen LogP contribution is -2.23. The summed E-state index contributed by atoms with van der Waals surface area (Å²) in [5.74, 6) is -0.676. The third-order valence-corrected chi connectivity index (χ3v) is 7.09. The van der Waals surface area contributed by atoms with E-state index in [-0.39, 0.29) is 24.7 Å². The summed E-state index contributed by atoms with van der Waals surface area (Å²) in [6.45, 7) is 13.6. The van der Waals surface area contributed by atoms with E-state index in [1.807, 2.05) is 27.7 Å². The molecule has 0 bridgehead atoms. The first-order valence-electron chi connectivity index (χ1n) is 15.0. The molecule has 0 amide bonds. The molecule has 2 atom stereocenters. The summed E-state index contributed by atoms with van der Waals surface area (Å²) < 4.78 is 69.5. The van der Waals surface area contributed by atoms with Gasteiger partial charge >= 0.3 is 6.18 Å². The molecular weight excluding hydrogens is 525 g/mol. The van der Waals surface area contributed by atoms with Gasteiger partial charge in [0.2, 0.25) is 5.92 Å². The molecule has 1 heterocycles. The van der Waals surface area contributed by atoms with Gasteiger partial charge in [-0.1, -0.05) is 73.1 Å². The first-order chi connectivity index (χ1) is 18.7. The van der Waals surface area contributed by atoms with Crippen LogP contribution in [0.4, 0.5) is 22.0 Å². The molecule has 1 aliphatic rings. The van der Waals surface area contributed by atoms with Crippen molar-refractivity contribution in [3.63, 3.8) is 0 Å². The van der Waals surface area contributed by atoms with Crippen molar-refractivity contribution in [2.75, 3.05) is 0 Å². The Morgan fingerprint density at radius 2 is 1.60 bits per heavy atom. The molecule has 1 aliphatic carbocycles. The SMILES string of the molecule is CC(Oc1ccc(C(F)(F)F)nc1)=C1CCC1.CCCC(CC)CC(F)(F)CC(C)CC.CCCCCC(C)=O. The largest absolute Gasteiger partial charge is 0.460 e. The number of allylic oxidation sites excluding steroid dienone is 2. The van der Waals surface area contributed by atoms with Crippen molar-refractivity contribution in [3.05, 3.63) is 35.4 Å². The summed E-state index contributed by atoms with van der Waals surface area (Å²) in [6, 6.07) is 2.21. The van der Waals surface area contributed by atoms with Gasteiger partial charge in [0.1, 0.15) is 23.0 Å². The predicted molar refractivity (Wildman–Crippen MR) is 154 cm³/mol. The Morgan fingerprint density at radius 1 is 0.950 bits per heavy atom. The van der Waals surface area contributed by atoms with E-state index >= 15 is 0 Å². The zero-order valence-electron chi connectivity index (χ0n) is 25.7. The van der Waals surface area contributed by atoms with Gasteiger partial charge in [-0.15, -0.1) is 0 Å². The predicted octanol–water partition coefficient (Wildman–Crippen LogP) is 11.4. The third kappa shape index (κ3) is 17.6. The summed E-state index contributed by atoms with van der Waals surface area (Å²) in [5, 5.41) is 0. The second-order valence-electron chi connectivity index (χ2n) is 11.0. The van der Waals surface area contributed by atoms with E-state index < -0.39 is 17.8 Å². The maximum atomic E-state index is 13.6. The van der Waals surface area contributed by atoms with Gasteiger partial charge in [-0.05, 0) is 69.1 Å². The van der Waals surface area contributed by atoms with Crippen molar-refractivity contribution < 1.29 is 31.5 Å². The highest BCUT2D eigenvalue weighted by molar-refractivity contribution is 5.75. The Labute approximate surface area is 239 Å². The molecule has 0 spiro atoms. The van der Waals surface area contributed by atoms with Gasteiger partial charge in [0.05, 0.1) is 6.20 Å². The van der Waals surface area contributed by atoms with E-state index in [1.54, 1.807) is 6.92 Å². The second-order valence-corrected chi connectivity index (χ2v) is 11.0. The van der Waals surface area contributed by atoms with Crippen LogP contribution in [0.5, 0.6) is 5.75 Å². The van der Waals surface area contributed by atoms with E-state index in [0.717, 1.165) is 75.8 Å². The number of ketones is 1. The highest BCUT2D eigenvalue weighted by Crippen LogP contribution is 2.34. The van der Waals surface area contributed by atoms with Gasteiger partial charge in [0.25, 0.3) is 0 Å². The van der Waals surface area contributed by atoms with Crippen molar-refractivity contribution in [2.24, 2.45) is 11.8 Å². The zero-order valence-corrected chi connectivity index (χ0v) is 25.7. The summed E-state index contributed by atoms with van der Waals surface area (Å²) in [7, 11) is 0. The molecule has 232 valence electrons. The summed E-state index contributed by atoms with van der Waals surface area (Å²) >= 11 is 0. The first kappa shape index (κ1) is 38.0. The summed E-state index contributed by atoms with van der Waals surface area (Å²) in [6.07, 6.45) is 7.94. The fourth-order valence-electron chi connectivity index (χ4n) is 4.21. The number of nitrogens with zero attached hydrogens (tertiary/aromatic N) is 1. The van der Waals surface area contributed by atoms with Gasteiger partial charge in [0, 0.05) is 19.3 Å². The first-order valence-corrected chi connectivity index (χ1v) is 15.0. The standard InChI is InChI=1S/C13H26F2.C12H12F3NO.C7H14O/c1-5-8-12(7-3)10-13(14,15)9-11(4)6-2;1-8(9-3-2-4-9)17-10-5-6-11(16-7-10)12(13,14)15;1-3-4-5-6-7(2)8/h11-12H,5-10H2,1-4H3;5-7H,2-4H2,1H3;3-6H2,1-2H3. The molecule has 0 aliphatic heterocycles. The van der Waals surface area contributed by atoms with E-state index in [4.69, 9.17) is 4.74 Å². The molecule has 0 aromatic carbocycles. The van der Waals surface area contributed by atoms with Crippen LogP contribution < -0.4 is 4.74 Å². The molecule has 1 saturated carbocycles. The van der Waals surface area contributed by atoms with E-state index in [0.29, 0.717) is 11.5 Å². The third-order valence-electron chi connectivity index (χ3n) is 7.09. The zero-order chi connectivity index (χ0) is 30.8. The topological polar surface area (TPSA) is 39.2 Å². The number of aromatic nitrogens is 1. The Morgan fingerprint density at radius 3 is 2.00 bits per heavy atom. The van der Waals surface area contributed by atoms with Crippen LogP contribution in [-0.4, -0.2) is 16.7 Å². The van der Waals surface area contributed by atoms with Gasteiger partial charge in [-0.2, -0.15) is 13.2 Å². The molecule has 1 aromatic heterocycles. The quantitative estimate of drug-likeness (QED) is 0.125. The lowest BCUT2D eigenvalue weighted by atomic mass is 9.89. The number of Topliss-reactive ketones (excluding diaryl/α,β-unsaturated/α-hetero) is 1. The van der Waals surface area contributed by atoms with Crippen LogP contribution in [0.1, 0.15) is 138 Å². The maximum Gasteiger partial charge on any atom is 0.433 e. The number of alkyl halides is 5. The Hall–Kier alpha value is -1.99. The lowest BCUT2D eigenvalue weighted by molar-refractivity contribution is -0.141. The Balaban J connectivity index is 0.000000609. The van der Waals surface area contributed by atoms with Gasteiger partial charge in [-0.3, -0.25) is 0 Å². The maximum absolute atomic E-state index is 13.6. The molecule has 0 radical (unpaired) electrons. The Kier molecular flexibility index (Phi) is 19.0. The number of unbranched alkanes of at least 4 members (excludes halogenated alkanes) is 2. The number of carbonyl (C=O) groups excluding carboxylic acids is 1. The number of halogens is 5. The lowest BCUT2D eigenvalue weighted by Gasteiger charge is -2.24. The number of rotatable bonds is 14. The number of hydrogen-bond donors (Lipinski definition) is 0. The summed E-state index contributed by atoms with van der Waals surface area (Å²) in [5.41, 5.74) is 0.323. The monoisotopic (exact) mass is 577 g/mol. The molecule has 3 nitrogen and oxygen atoms in total. The van der Waals surface area contributed by atoms with E-state index in [1.165, 1.54) is 24.5 Å². The van der Waals surface area contributed by atoms with Gasteiger partial charge < -0.3 is 9.53 Å². The molecular formula is C32H52F5NO2. The second kappa shape index (κ2) is 20.0. The van der Waals surface area contributed by atoms with Crippen molar-refractivity contribution in [1.29, 1.82) is 0 Å². The number of hydrogen-bond acceptors (Lipinski definition) is 3. The fraction of sp³-hybridized carbons (Fsp3) is 0.750. The normalized spacial score (nSPS) is 14.6. The average Bonchev–Trinajstić information content (AvgIpc) is 2.82. The molecule has 40 heavy (non-hydrogen) atoms. The Bertz CT molecular complexity index is 844. The van der Waals surface area contributed by atoms with Crippen LogP contribution in [0.15, 0.2) is 29.7 Å². The molecule has 0 saturated heterocycles. The average molecular weight is 578 g/mol. The summed E-state index contributed by atoms with van der Waals surface area (Å²) in [4.78, 5) is 13.7. The van der Waals surface area contributed by atoms with Crippen LogP contribution in [0.3, 0.4) is 0 Å².